The zero-order valence-corrected chi connectivity index (χ0v) is 18.2. The molecule has 1 aliphatic rings. The van der Waals surface area contributed by atoms with Crippen LogP contribution in [-0.2, 0) is 40.6 Å². The maximum atomic E-state index is 13.4. The van der Waals surface area contributed by atoms with E-state index in [9.17, 15) is 31.5 Å². The number of hydrogen-bond donors (Lipinski definition) is 1. The highest BCUT2D eigenvalue weighted by Crippen LogP contribution is 2.34. The van der Waals surface area contributed by atoms with Crippen LogP contribution in [0.4, 0.5) is 13.2 Å². The fourth-order valence-corrected chi connectivity index (χ4v) is 5.02. The quantitative estimate of drug-likeness (QED) is 0.574. The zero-order chi connectivity index (χ0) is 24.0. The van der Waals surface area contributed by atoms with Gasteiger partial charge in [-0.2, -0.15) is 35.9 Å². The minimum Gasteiger partial charge on any atom is -0.395 e. The number of amides is 1. The van der Waals surface area contributed by atoms with Crippen LogP contribution in [0.2, 0.25) is 0 Å². The van der Waals surface area contributed by atoms with Crippen molar-refractivity contribution in [2.24, 2.45) is 0 Å². The number of carbonyl (C=O) groups is 1. The molecule has 0 fully saturated rings. The Morgan fingerprint density at radius 1 is 1.15 bits per heavy atom. The molecular weight excluding hydrogens is 463 g/mol. The molecule has 0 aliphatic carbocycles. The first-order valence-corrected chi connectivity index (χ1v) is 11.4. The van der Waals surface area contributed by atoms with Crippen LogP contribution < -0.4 is 0 Å². The van der Waals surface area contributed by atoms with Gasteiger partial charge in [0.2, 0.25) is 5.91 Å². The molecule has 1 N–H and O–H groups in total. The van der Waals surface area contributed by atoms with Gasteiger partial charge in [-0.1, -0.05) is 30.3 Å². The maximum absolute atomic E-state index is 13.4. The molecule has 0 saturated carbocycles. The van der Waals surface area contributed by atoms with Gasteiger partial charge in [0.25, 0.3) is 10.0 Å². The van der Waals surface area contributed by atoms with Crippen molar-refractivity contribution in [3.63, 3.8) is 0 Å². The zero-order valence-electron chi connectivity index (χ0n) is 17.4. The number of hydrogen-bond acceptors (Lipinski definition) is 6. The summed E-state index contributed by atoms with van der Waals surface area (Å²) in [7, 11) is -4.66. The Kier molecular flexibility index (Phi) is 5.78. The second-order valence-electron chi connectivity index (χ2n) is 7.51. The molecule has 1 amide bonds. The first-order valence-electron chi connectivity index (χ1n) is 9.98. The highest BCUT2D eigenvalue weighted by molar-refractivity contribution is 7.89. The van der Waals surface area contributed by atoms with Crippen LogP contribution in [0, 0.1) is 0 Å². The topological polar surface area (TPSA) is 110 Å². The molecule has 3 heterocycles. The summed E-state index contributed by atoms with van der Waals surface area (Å²) in [5, 5.41) is 17.0. The number of benzene rings is 1. The van der Waals surface area contributed by atoms with Crippen molar-refractivity contribution in [1.29, 1.82) is 0 Å². The standard InChI is InChI=1S/C20H20F3N5O4S/c1-2-27-11-17(18(25-27)20(21,22)23)33(31,32)28-9-14-8-26(10-16(14)24-28)19(30)15(12-29)13-6-4-3-5-7-13/h3-7,9,11,15,29H,2,8,10,12H2,1H3/t15-/m0/s1. The molecule has 0 radical (unpaired) electrons. The molecule has 2 aromatic heterocycles. The normalized spacial score (nSPS) is 15.0. The van der Waals surface area contributed by atoms with Crippen molar-refractivity contribution < 1.29 is 31.5 Å². The highest BCUT2D eigenvalue weighted by Gasteiger charge is 2.42. The summed E-state index contributed by atoms with van der Waals surface area (Å²) in [5.74, 6) is -1.15. The molecule has 1 aromatic carbocycles. The molecule has 0 saturated heterocycles. The molecule has 3 aromatic rings. The number of nitrogens with zero attached hydrogens (tertiary/aromatic N) is 5. The molecule has 0 unspecified atom stereocenters. The molecular formula is C20H20F3N5O4S. The number of aryl methyl sites for hydroxylation is 1. The summed E-state index contributed by atoms with van der Waals surface area (Å²) in [6, 6.07) is 8.71. The Hall–Kier alpha value is -3.19. The van der Waals surface area contributed by atoms with E-state index in [4.69, 9.17) is 0 Å². The van der Waals surface area contributed by atoms with Crippen molar-refractivity contribution in [1.82, 2.24) is 23.9 Å². The van der Waals surface area contributed by atoms with Gasteiger partial charge in [0.15, 0.2) is 5.69 Å². The molecule has 9 nitrogen and oxygen atoms in total. The SMILES string of the molecule is CCn1cc(S(=O)(=O)n2cc3c(n2)CN(C(=O)[C@@H](CO)c2ccccc2)C3)c(C(F)(F)F)n1. The lowest BCUT2D eigenvalue weighted by atomic mass is 9.98. The van der Waals surface area contributed by atoms with Crippen molar-refractivity contribution in [3.05, 3.63) is 65.2 Å². The third kappa shape index (κ3) is 4.13. The molecule has 0 spiro atoms. The smallest absolute Gasteiger partial charge is 0.395 e. The van der Waals surface area contributed by atoms with Gasteiger partial charge in [0, 0.05) is 31.0 Å². The van der Waals surface area contributed by atoms with Crippen molar-refractivity contribution in [3.8, 4) is 0 Å². The summed E-state index contributed by atoms with van der Waals surface area (Å²) in [6.07, 6.45) is -3.02. The lowest BCUT2D eigenvalue weighted by Crippen LogP contribution is -2.33. The number of halogens is 3. The maximum Gasteiger partial charge on any atom is 0.436 e. The monoisotopic (exact) mass is 483 g/mol. The fraction of sp³-hybridized carbons (Fsp3) is 0.350. The number of rotatable bonds is 6. The van der Waals surface area contributed by atoms with Crippen LogP contribution in [0.3, 0.4) is 0 Å². The molecule has 176 valence electrons. The molecule has 1 atom stereocenters. The molecule has 13 heteroatoms. The highest BCUT2D eigenvalue weighted by atomic mass is 32.2. The van der Waals surface area contributed by atoms with Gasteiger partial charge >= 0.3 is 6.18 Å². The van der Waals surface area contributed by atoms with Crippen molar-refractivity contribution >= 4 is 15.9 Å². The van der Waals surface area contributed by atoms with Gasteiger partial charge in [0.1, 0.15) is 4.90 Å². The van der Waals surface area contributed by atoms with Crippen LogP contribution in [-0.4, -0.2) is 49.9 Å². The van der Waals surface area contributed by atoms with Crippen LogP contribution >= 0.6 is 0 Å². The van der Waals surface area contributed by atoms with E-state index in [1.165, 1.54) is 11.8 Å². The van der Waals surface area contributed by atoms with E-state index in [0.717, 1.165) is 17.1 Å². The van der Waals surface area contributed by atoms with Gasteiger partial charge in [-0.25, -0.2) is 0 Å². The number of fused-ring (bicyclic) bond motifs is 1. The van der Waals surface area contributed by atoms with Crippen LogP contribution in [0.5, 0.6) is 0 Å². The van der Waals surface area contributed by atoms with Crippen molar-refractivity contribution in [2.45, 2.75) is 43.5 Å². The average Bonchev–Trinajstić information content (AvgIpc) is 3.48. The van der Waals surface area contributed by atoms with E-state index in [1.54, 1.807) is 30.3 Å². The number of alkyl halides is 3. The Labute approximate surface area is 187 Å². The van der Waals surface area contributed by atoms with Gasteiger partial charge in [-0.3, -0.25) is 9.48 Å². The largest absolute Gasteiger partial charge is 0.436 e. The second-order valence-corrected chi connectivity index (χ2v) is 9.28. The summed E-state index contributed by atoms with van der Waals surface area (Å²) in [5.41, 5.74) is -0.221. The van der Waals surface area contributed by atoms with E-state index < -0.39 is 39.3 Å². The third-order valence-electron chi connectivity index (χ3n) is 5.40. The van der Waals surface area contributed by atoms with Crippen LogP contribution in [0.25, 0.3) is 0 Å². The van der Waals surface area contributed by atoms with Crippen LogP contribution in [0.15, 0.2) is 47.6 Å². The van der Waals surface area contributed by atoms with Crippen molar-refractivity contribution in [2.75, 3.05) is 6.61 Å². The van der Waals surface area contributed by atoms with Gasteiger partial charge in [0.05, 0.1) is 24.8 Å². The number of aromatic nitrogens is 4. The minimum atomic E-state index is -4.96. The Bertz CT molecular complexity index is 1260. The van der Waals surface area contributed by atoms with E-state index in [1.807, 2.05) is 0 Å². The van der Waals surface area contributed by atoms with E-state index in [-0.39, 0.29) is 31.2 Å². The summed E-state index contributed by atoms with van der Waals surface area (Å²) in [6.45, 7) is 1.17. The Morgan fingerprint density at radius 2 is 1.85 bits per heavy atom. The molecule has 0 bridgehead atoms. The Morgan fingerprint density at radius 3 is 2.42 bits per heavy atom. The molecule has 4 rings (SSSR count). The number of carbonyl (C=O) groups excluding carboxylic acids is 1. The number of aliphatic hydroxyl groups is 1. The van der Waals surface area contributed by atoms with Gasteiger partial charge in [-0.15, -0.1) is 0 Å². The summed E-state index contributed by atoms with van der Waals surface area (Å²) < 4.78 is 67.3. The number of aliphatic hydroxyl groups excluding tert-OH is 1. The second kappa shape index (κ2) is 8.30. The predicted octanol–water partition coefficient (Wildman–Crippen LogP) is 1.97. The predicted molar refractivity (Wildman–Crippen MR) is 108 cm³/mol. The van der Waals surface area contributed by atoms with Gasteiger partial charge in [-0.05, 0) is 12.5 Å². The lowest BCUT2D eigenvalue weighted by molar-refractivity contribution is -0.143. The molecule has 1 aliphatic heterocycles. The van der Waals surface area contributed by atoms with E-state index in [0.29, 0.717) is 15.2 Å². The third-order valence-corrected chi connectivity index (χ3v) is 6.93. The summed E-state index contributed by atoms with van der Waals surface area (Å²) >= 11 is 0. The first kappa shape index (κ1) is 23.0. The summed E-state index contributed by atoms with van der Waals surface area (Å²) in [4.78, 5) is 13.3. The minimum absolute atomic E-state index is 0.0212. The first-order chi connectivity index (χ1) is 15.6. The fourth-order valence-electron chi connectivity index (χ4n) is 3.69. The van der Waals surface area contributed by atoms with E-state index >= 15 is 0 Å². The average molecular weight is 483 g/mol. The van der Waals surface area contributed by atoms with E-state index in [2.05, 4.69) is 10.2 Å². The lowest BCUT2D eigenvalue weighted by Gasteiger charge is -2.22. The van der Waals surface area contributed by atoms with Gasteiger partial charge < -0.3 is 10.0 Å². The molecule has 33 heavy (non-hydrogen) atoms. The van der Waals surface area contributed by atoms with Crippen LogP contribution in [0.1, 0.15) is 35.4 Å². The Balaban J connectivity index is 1.59.